The molecule has 25 heavy (non-hydrogen) atoms. The highest BCUT2D eigenvalue weighted by Gasteiger charge is 2.04. The molecule has 142 valence electrons. The number of esters is 1. The van der Waals surface area contributed by atoms with Crippen LogP contribution in [-0.2, 0) is 28.4 Å². The van der Waals surface area contributed by atoms with E-state index >= 15 is 0 Å². The molecule has 0 radical (unpaired) electrons. The van der Waals surface area contributed by atoms with Gasteiger partial charge in [0, 0.05) is 7.11 Å². The number of carbonyl (C=O) groups is 1. The smallest absolute Gasteiger partial charge is 0.338 e. The Morgan fingerprint density at radius 1 is 0.680 bits per heavy atom. The summed E-state index contributed by atoms with van der Waals surface area (Å²) in [5, 5.41) is 0. The molecule has 0 aliphatic rings. The van der Waals surface area contributed by atoms with Crippen molar-refractivity contribution in [2.24, 2.45) is 0 Å². The summed E-state index contributed by atoms with van der Waals surface area (Å²) in [6, 6.07) is 8.86. The van der Waals surface area contributed by atoms with Crippen LogP contribution in [-0.4, -0.2) is 79.1 Å². The van der Waals surface area contributed by atoms with Crippen molar-refractivity contribution in [3.63, 3.8) is 0 Å². The molecule has 0 N–H and O–H groups in total. The molecule has 0 fully saturated rings. The van der Waals surface area contributed by atoms with E-state index in [9.17, 15) is 4.79 Å². The molecule has 0 saturated heterocycles. The molecule has 0 bridgehead atoms. The first-order chi connectivity index (χ1) is 12.3. The molecule has 0 atom stereocenters. The molecule has 1 aromatic rings. The highest BCUT2D eigenvalue weighted by molar-refractivity contribution is 5.89. The summed E-state index contributed by atoms with van der Waals surface area (Å²) in [6.45, 7) is 4.76. The van der Waals surface area contributed by atoms with Crippen molar-refractivity contribution in [2.45, 2.75) is 0 Å². The summed E-state index contributed by atoms with van der Waals surface area (Å²) in [4.78, 5) is 11.6. The Bertz CT molecular complexity index is 425. The van der Waals surface area contributed by atoms with Crippen LogP contribution in [0.4, 0.5) is 0 Å². The van der Waals surface area contributed by atoms with Crippen LogP contribution < -0.4 is 0 Å². The van der Waals surface area contributed by atoms with Gasteiger partial charge in [-0.3, -0.25) is 0 Å². The lowest BCUT2D eigenvalue weighted by Crippen LogP contribution is -2.15. The number of rotatable bonds is 16. The minimum Gasteiger partial charge on any atom is -0.460 e. The molecule has 1 aromatic carbocycles. The molecular weight excluding hydrogens is 328 g/mol. The first-order valence-corrected chi connectivity index (χ1v) is 8.36. The van der Waals surface area contributed by atoms with Crippen molar-refractivity contribution in [3.05, 3.63) is 35.9 Å². The summed E-state index contributed by atoms with van der Waals surface area (Å²) in [5.74, 6) is -0.344. The van der Waals surface area contributed by atoms with Crippen LogP contribution in [0.5, 0.6) is 0 Å². The number of carbonyl (C=O) groups excluding carboxylic acids is 1. The lowest BCUT2D eigenvalue weighted by atomic mass is 10.2. The number of hydrogen-bond acceptors (Lipinski definition) is 7. The van der Waals surface area contributed by atoms with Gasteiger partial charge in [-0.15, -0.1) is 0 Å². The summed E-state index contributed by atoms with van der Waals surface area (Å²) >= 11 is 0. The second kappa shape index (κ2) is 16.0. The van der Waals surface area contributed by atoms with Gasteiger partial charge in [0.25, 0.3) is 0 Å². The van der Waals surface area contributed by atoms with E-state index in [4.69, 9.17) is 28.4 Å². The molecule has 1 rings (SSSR count). The number of hydrogen-bond donors (Lipinski definition) is 0. The summed E-state index contributed by atoms with van der Waals surface area (Å²) in [6.07, 6.45) is 0. The average molecular weight is 356 g/mol. The van der Waals surface area contributed by atoms with Crippen LogP contribution in [0.3, 0.4) is 0 Å². The van der Waals surface area contributed by atoms with Crippen LogP contribution in [0.1, 0.15) is 10.4 Å². The predicted molar refractivity (Wildman–Crippen MR) is 91.9 cm³/mol. The van der Waals surface area contributed by atoms with Gasteiger partial charge >= 0.3 is 5.97 Å². The van der Waals surface area contributed by atoms with Crippen molar-refractivity contribution >= 4 is 5.97 Å². The molecule has 7 heteroatoms. The van der Waals surface area contributed by atoms with Gasteiger partial charge in [0.05, 0.1) is 65.0 Å². The average Bonchev–Trinajstić information content (AvgIpc) is 2.65. The lowest BCUT2D eigenvalue weighted by Gasteiger charge is -2.08. The zero-order valence-electron chi connectivity index (χ0n) is 14.8. The summed E-state index contributed by atoms with van der Waals surface area (Å²) < 4.78 is 31.2. The molecular formula is C18H28O7. The van der Waals surface area contributed by atoms with Gasteiger partial charge in [0.2, 0.25) is 0 Å². The fraction of sp³-hybridized carbons (Fsp3) is 0.611. The van der Waals surface area contributed by atoms with E-state index in [0.29, 0.717) is 65.0 Å². The lowest BCUT2D eigenvalue weighted by molar-refractivity contribution is -0.0129. The van der Waals surface area contributed by atoms with Crippen molar-refractivity contribution in [1.82, 2.24) is 0 Å². The van der Waals surface area contributed by atoms with E-state index in [-0.39, 0.29) is 12.6 Å². The molecule has 0 aliphatic carbocycles. The van der Waals surface area contributed by atoms with E-state index in [1.165, 1.54) is 0 Å². The fourth-order valence-electron chi connectivity index (χ4n) is 1.75. The largest absolute Gasteiger partial charge is 0.460 e. The standard InChI is InChI=1S/C18H28O7/c1-20-7-8-21-9-10-22-11-12-23-13-14-24-15-16-25-18(19)17-5-3-2-4-6-17/h2-6H,7-16H2,1H3. The first kappa shape index (κ1) is 21.5. The molecule has 0 heterocycles. The van der Waals surface area contributed by atoms with E-state index in [0.717, 1.165) is 0 Å². The van der Waals surface area contributed by atoms with E-state index in [2.05, 4.69) is 0 Å². The maximum absolute atomic E-state index is 11.6. The molecule has 0 aromatic heterocycles. The Morgan fingerprint density at radius 2 is 1.12 bits per heavy atom. The Labute approximate surface area is 149 Å². The second-order valence-corrected chi connectivity index (χ2v) is 4.94. The van der Waals surface area contributed by atoms with Gasteiger partial charge in [-0.2, -0.15) is 0 Å². The highest BCUT2D eigenvalue weighted by atomic mass is 16.6. The molecule has 0 spiro atoms. The first-order valence-electron chi connectivity index (χ1n) is 8.36. The Hall–Kier alpha value is -1.51. The van der Waals surface area contributed by atoms with E-state index < -0.39 is 0 Å². The van der Waals surface area contributed by atoms with Crippen LogP contribution in [0, 0.1) is 0 Å². The number of benzene rings is 1. The zero-order valence-corrected chi connectivity index (χ0v) is 14.8. The van der Waals surface area contributed by atoms with E-state index in [1.807, 2.05) is 6.07 Å². The quantitative estimate of drug-likeness (QED) is 0.329. The van der Waals surface area contributed by atoms with Crippen LogP contribution in [0.2, 0.25) is 0 Å². The van der Waals surface area contributed by atoms with Crippen molar-refractivity contribution in [3.8, 4) is 0 Å². The number of methoxy groups -OCH3 is 1. The third-order valence-corrected chi connectivity index (χ3v) is 3.02. The van der Waals surface area contributed by atoms with Crippen molar-refractivity contribution in [2.75, 3.05) is 73.2 Å². The Morgan fingerprint density at radius 3 is 1.60 bits per heavy atom. The van der Waals surface area contributed by atoms with E-state index in [1.54, 1.807) is 31.4 Å². The number of ether oxygens (including phenoxy) is 6. The molecule has 0 amide bonds. The third kappa shape index (κ3) is 12.5. The normalized spacial score (nSPS) is 10.8. The van der Waals surface area contributed by atoms with Gasteiger partial charge in [-0.05, 0) is 12.1 Å². The minimum absolute atomic E-state index is 0.222. The van der Waals surface area contributed by atoms with Gasteiger partial charge in [-0.1, -0.05) is 18.2 Å². The summed E-state index contributed by atoms with van der Waals surface area (Å²) in [7, 11) is 1.64. The molecule has 0 saturated carbocycles. The van der Waals surface area contributed by atoms with Gasteiger partial charge in [0.15, 0.2) is 0 Å². The zero-order chi connectivity index (χ0) is 18.0. The van der Waals surface area contributed by atoms with Crippen LogP contribution >= 0.6 is 0 Å². The highest BCUT2D eigenvalue weighted by Crippen LogP contribution is 2.00. The van der Waals surface area contributed by atoms with Crippen molar-refractivity contribution in [1.29, 1.82) is 0 Å². The Kier molecular flexibility index (Phi) is 13.8. The minimum atomic E-state index is -0.344. The second-order valence-electron chi connectivity index (χ2n) is 4.94. The van der Waals surface area contributed by atoms with Crippen molar-refractivity contribution < 1.29 is 33.2 Å². The molecule has 7 nitrogen and oxygen atoms in total. The van der Waals surface area contributed by atoms with Gasteiger partial charge < -0.3 is 28.4 Å². The maximum atomic E-state index is 11.6. The van der Waals surface area contributed by atoms with Crippen LogP contribution in [0.25, 0.3) is 0 Å². The summed E-state index contributed by atoms with van der Waals surface area (Å²) in [5.41, 5.74) is 0.537. The maximum Gasteiger partial charge on any atom is 0.338 e. The fourth-order valence-corrected chi connectivity index (χ4v) is 1.75. The topological polar surface area (TPSA) is 72.5 Å². The van der Waals surface area contributed by atoms with Crippen LogP contribution in [0.15, 0.2) is 30.3 Å². The monoisotopic (exact) mass is 356 g/mol. The Balaban J connectivity index is 1.78. The third-order valence-electron chi connectivity index (χ3n) is 3.02. The SMILES string of the molecule is COCCOCCOCCOCCOCCOC(=O)c1ccccc1. The van der Waals surface area contributed by atoms with Gasteiger partial charge in [-0.25, -0.2) is 4.79 Å². The molecule has 0 aliphatic heterocycles. The molecule has 0 unspecified atom stereocenters. The predicted octanol–water partition coefficient (Wildman–Crippen LogP) is 1.56. The van der Waals surface area contributed by atoms with Gasteiger partial charge in [0.1, 0.15) is 6.61 Å².